The Morgan fingerprint density at radius 2 is 1.75 bits per heavy atom. The van der Waals surface area contributed by atoms with Crippen molar-refractivity contribution in [2.75, 3.05) is 10.8 Å². The summed E-state index contributed by atoms with van der Waals surface area (Å²) < 4.78 is 26.8. The van der Waals surface area contributed by atoms with E-state index in [1.165, 1.54) is 6.21 Å². The lowest BCUT2D eigenvalue weighted by molar-refractivity contribution is -0.119. The predicted molar refractivity (Wildman–Crippen MR) is 111 cm³/mol. The molecule has 1 heterocycles. The molecule has 6 nitrogen and oxygen atoms in total. The first kappa shape index (κ1) is 17.9. The third-order valence-corrected chi connectivity index (χ3v) is 6.21. The van der Waals surface area contributed by atoms with Crippen molar-refractivity contribution in [1.29, 1.82) is 0 Å². The van der Waals surface area contributed by atoms with Gasteiger partial charge in [-0.15, -0.1) is 0 Å². The summed E-state index contributed by atoms with van der Waals surface area (Å²) in [6.45, 7) is -0.337. The normalized spacial score (nSPS) is 14.9. The van der Waals surface area contributed by atoms with E-state index in [-0.39, 0.29) is 11.4 Å². The molecule has 0 saturated heterocycles. The number of nitrogens with zero attached hydrogens (tertiary/aromatic N) is 2. The zero-order valence-electron chi connectivity index (χ0n) is 14.8. The van der Waals surface area contributed by atoms with Gasteiger partial charge in [0.15, 0.2) is 0 Å². The van der Waals surface area contributed by atoms with Crippen LogP contribution < -0.4 is 9.73 Å². The molecule has 0 saturated carbocycles. The van der Waals surface area contributed by atoms with E-state index in [1.54, 1.807) is 30.3 Å². The van der Waals surface area contributed by atoms with Crippen molar-refractivity contribution >= 4 is 44.7 Å². The molecular formula is C21H17N3O3S. The van der Waals surface area contributed by atoms with Gasteiger partial charge < -0.3 is 0 Å². The second kappa shape index (κ2) is 7.28. The van der Waals surface area contributed by atoms with Crippen LogP contribution in [0.4, 0.5) is 5.69 Å². The molecule has 28 heavy (non-hydrogen) atoms. The Morgan fingerprint density at radius 3 is 2.54 bits per heavy atom. The summed E-state index contributed by atoms with van der Waals surface area (Å²) in [5.41, 5.74) is 3.88. The lowest BCUT2D eigenvalue weighted by atomic mass is 10.1. The van der Waals surface area contributed by atoms with Gasteiger partial charge >= 0.3 is 0 Å². The molecule has 0 bridgehead atoms. The van der Waals surface area contributed by atoms with Crippen LogP contribution in [-0.2, 0) is 14.8 Å². The van der Waals surface area contributed by atoms with Crippen molar-refractivity contribution in [2.24, 2.45) is 5.10 Å². The quantitative estimate of drug-likeness (QED) is 0.536. The first-order valence-corrected chi connectivity index (χ1v) is 10.1. The Morgan fingerprint density at radius 1 is 1.00 bits per heavy atom. The SMILES string of the molecule is O=C(CN1c2cccc3cccc(c23)S1(=O)=O)N/N=C\C=C\c1ccccc1. The lowest BCUT2D eigenvalue weighted by Gasteiger charge is -2.17. The van der Waals surface area contributed by atoms with E-state index < -0.39 is 15.9 Å². The highest BCUT2D eigenvalue weighted by atomic mass is 32.2. The minimum Gasteiger partial charge on any atom is -0.271 e. The monoisotopic (exact) mass is 391 g/mol. The first-order valence-electron chi connectivity index (χ1n) is 8.65. The number of sulfonamides is 1. The number of hydrazone groups is 1. The molecular weight excluding hydrogens is 374 g/mol. The third-order valence-electron chi connectivity index (χ3n) is 4.41. The second-order valence-corrected chi connectivity index (χ2v) is 8.06. The minimum absolute atomic E-state index is 0.225. The molecule has 7 heteroatoms. The van der Waals surface area contributed by atoms with E-state index in [9.17, 15) is 13.2 Å². The van der Waals surface area contributed by atoms with Crippen LogP contribution in [0.3, 0.4) is 0 Å². The van der Waals surface area contributed by atoms with Gasteiger partial charge in [-0.05, 0) is 29.2 Å². The van der Waals surface area contributed by atoms with Crippen LogP contribution in [0.2, 0.25) is 0 Å². The Balaban J connectivity index is 1.46. The summed E-state index contributed by atoms with van der Waals surface area (Å²) in [6, 6.07) is 20.1. The van der Waals surface area contributed by atoms with E-state index in [0.717, 1.165) is 15.3 Å². The number of anilines is 1. The van der Waals surface area contributed by atoms with Gasteiger partial charge in [0, 0.05) is 11.6 Å². The number of hydrogen-bond donors (Lipinski definition) is 1. The van der Waals surface area contributed by atoms with Gasteiger partial charge in [-0.25, -0.2) is 13.8 Å². The molecule has 0 aromatic heterocycles. The first-order chi connectivity index (χ1) is 13.6. The zero-order chi connectivity index (χ0) is 19.6. The fourth-order valence-electron chi connectivity index (χ4n) is 3.16. The average Bonchev–Trinajstić information content (AvgIpc) is 2.92. The van der Waals surface area contributed by atoms with Gasteiger partial charge in [-0.1, -0.05) is 60.7 Å². The van der Waals surface area contributed by atoms with Crippen LogP contribution in [0.1, 0.15) is 5.56 Å². The summed E-state index contributed by atoms with van der Waals surface area (Å²) in [5.74, 6) is -0.516. The van der Waals surface area contributed by atoms with Crippen LogP contribution in [-0.4, -0.2) is 27.1 Å². The van der Waals surface area contributed by atoms with E-state index in [2.05, 4.69) is 10.5 Å². The van der Waals surface area contributed by atoms with Crippen molar-refractivity contribution in [3.05, 3.63) is 78.4 Å². The van der Waals surface area contributed by atoms with Crippen LogP contribution >= 0.6 is 0 Å². The largest absolute Gasteiger partial charge is 0.271 e. The molecule has 3 aromatic rings. The molecule has 1 aliphatic rings. The van der Waals surface area contributed by atoms with Crippen molar-refractivity contribution < 1.29 is 13.2 Å². The Bertz CT molecular complexity index is 1200. The Kier molecular flexibility index (Phi) is 4.67. The molecule has 4 rings (SSSR count). The topological polar surface area (TPSA) is 78.8 Å². The van der Waals surface area contributed by atoms with Crippen LogP contribution in [0.5, 0.6) is 0 Å². The fraction of sp³-hybridized carbons (Fsp3) is 0.0476. The molecule has 0 aliphatic carbocycles. The molecule has 1 N–H and O–H groups in total. The molecule has 0 unspecified atom stereocenters. The number of amides is 1. The second-order valence-electron chi connectivity index (χ2n) is 6.23. The number of nitrogens with one attached hydrogen (secondary N) is 1. The zero-order valence-corrected chi connectivity index (χ0v) is 15.6. The number of allylic oxidation sites excluding steroid dienone is 1. The highest BCUT2D eigenvalue weighted by Crippen LogP contribution is 2.41. The summed E-state index contributed by atoms with van der Waals surface area (Å²) in [5, 5.41) is 5.31. The molecule has 0 spiro atoms. The highest BCUT2D eigenvalue weighted by Gasteiger charge is 2.36. The maximum absolute atomic E-state index is 12.8. The Labute approximate surface area is 162 Å². The molecule has 0 atom stereocenters. The standard InChI is InChI=1S/C21H17N3O3S/c25-20(23-22-14-6-9-16-7-2-1-3-8-16)15-24-18-12-4-10-17-11-5-13-19(21(17)18)28(24,26)27/h1-14H,15H2,(H,23,25)/b9-6+,22-14-. The minimum atomic E-state index is -3.76. The van der Waals surface area contributed by atoms with Crippen molar-refractivity contribution in [3.8, 4) is 0 Å². The number of benzene rings is 3. The third kappa shape index (κ3) is 3.27. The van der Waals surface area contributed by atoms with Gasteiger partial charge in [-0.3, -0.25) is 9.10 Å². The van der Waals surface area contributed by atoms with Crippen LogP contribution in [0.15, 0.2) is 82.8 Å². The summed E-state index contributed by atoms with van der Waals surface area (Å²) in [4.78, 5) is 12.5. The van der Waals surface area contributed by atoms with Gasteiger partial charge in [0.1, 0.15) is 6.54 Å². The Hall–Kier alpha value is -3.45. The van der Waals surface area contributed by atoms with Crippen molar-refractivity contribution in [3.63, 3.8) is 0 Å². The van der Waals surface area contributed by atoms with E-state index in [0.29, 0.717) is 11.1 Å². The maximum Gasteiger partial charge on any atom is 0.265 e. The highest BCUT2D eigenvalue weighted by molar-refractivity contribution is 7.93. The smallest absolute Gasteiger partial charge is 0.265 e. The molecule has 0 radical (unpaired) electrons. The van der Waals surface area contributed by atoms with Crippen molar-refractivity contribution in [1.82, 2.24) is 5.43 Å². The lowest BCUT2D eigenvalue weighted by Crippen LogP contribution is -2.37. The average molecular weight is 391 g/mol. The van der Waals surface area contributed by atoms with Gasteiger partial charge in [0.25, 0.3) is 15.9 Å². The molecule has 1 aliphatic heterocycles. The number of carbonyl (C=O) groups is 1. The van der Waals surface area contributed by atoms with E-state index >= 15 is 0 Å². The summed E-state index contributed by atoms with van der Waals surface area (Å²) in [6.07, 6.45) is 4.98. The number of carbonyl (C=O) groups excluding carboxylic acids is 1. The summed E-state index contributed by atoms with van der Waals surface area (Å²) >= 11 is 0. The van der Waals surface area contributed by atoms with E-state index in [4.69, 9.17) is 0 Å². The number of rotatable bonds is 5. The number of hydrogen-bond acceptors (Lipinski definition) is 4. The molecule has 3 aromatic carbocycles. The summed E-state index contributed by atoms with van der Waals surface area (Å²) in [7, 11) is -3.76. The van der Waals surface area contributed by atoms with Gasteiger partial charge in [-0.2, -0.15) is 5.10 Å². The van der Waals surface area contributed by atoms with Crippen molar-refractivity contribution in [2.45, 2.75) is 4.90 Å². The predicted octanol–water partition coefficient (Wildman–Crippen LogP) is 3.16. The molecule has 1 amide bonds. The van der Waals surface area contributed by atoms with E-state index in [1.807, 2.05) is 48.5 Å². The van der Waals surface area contributed by atoms with Crippen LogP contribution in [0.25, 0.3) is 16.8 Å². The maximum atomic E-state index is 12.8. The fourth-order valence-corrected chi connectivity index (χ4v) is 4.83. The van der Waals surface area contributed by atoms with Crippen LogP contribution in [0, 0.1) is 0 Å². The molecule has 0 fully saturated rings. The molecule has 140 valence electrons. The van der Waals surface area contributed by atoms with Gasteiger partial charge in [0.05, 0.1) is 10.6 Å². The van der Waals surface area contributed by atoms with Gasteiger partial charge in [0.2, 0.25) is 0 Å².